The number of rotatable bonds is 5. The average Bonchev–Trinajstić information content (AvgIpc) is 2.93. The molecule has 0 spiro atoms. The number of benzene rings is 1. The van der Waals surface area contributed by atoms with Crippen LogP contribution in [0.25, 0.3) is 0 Å². The van der Waals surface area contributed by atoms with Crippen molar-refractivity contribution in [3.8, 4) is 5.75 Å². The van der Waals surface area contributed by atoms with Crippen molar-refractivity contribution in [2.24, 2.45) is 0 Å². The summed E-state index contributed by atoms with van der Waals surface area (Å²) in [4.78, 5) is 26.7. The first-order valence-electron chi connectivity index (χ1n) is 6.24. The first-order valence-corrected chi connectivity index (χ1v) is 6.62. The van der Waals surface area contributed by atoms with E-state index in [4.69, 9.17) is 21.1 Å². The largest absolute Gasteiger partial charge is 0.497 e. The van der Waals surface area contributed by atoms with Crippen LogP contribution in [0.4, 0.5) is 0 Å². The first kappa shape index (κ1) is 15.1. The van der Waals surface area contributed by atoms with Crippen LogP contribution in [0.3, 0.4) is 0 Å². The van der Waals surface area contributed by atoms with Gasteiger partial charge in [-0.3, -0.25) is 4.79 Å². The summed E-state index contributed by atoms with van der Waals surface area (Å²) >= 11 is 5.71. The van der Waals surface area contributed by atoms with E-state index in [9.17, 15) is 9.59 Å². The molecule has 0 aliphatic heterocycles. The minimum atomic E-state index is -0.895. The predicted molar refractivity (Wildman–Crippen MR) is 78.0 cm³/mol. The standard InChI is InChI=1S/C15H14ClNO4/c1-9(21-15(19)13-7-11(16)8-17-13)14(18)10-3-5-12(20-2)6-4-10/h3-9,17H,1-2H3. The van der Waals surface area contributed by atoms with Crippen LogP contribution < -0.4 is 4.74 Å². The SMILES string of the molecule is COc1ccc(C(=O)C(C)OC(=O)c2cc(Cl)c[nH]2)cc1. The highest BCUT2D eigenvalue weighted by Gasteiger charge is 2.21. The summed E-state index contributed by atoms with van der Waals surface area (Å²) in [5.74, 6) is -0.267. The summed E-state index contributed by atoms with van der Waals surface area (Å²) in [6, 6.07) is 8.03. The van der Waals surface area contributed by atoms with E-state index >= 15 is 0 Å². The van der Waals surface area contributed by atoms with E-state index in [1.807, 2.05) is 0 Å². The van der Waals surface area contributed by atoms with Crippen molar-refractivity contribution in [3.63, 3.8) is 0 Å². The molecule has 21 heavy (non-hydrogen) atoms. The van der Waals surface area contributed by atoms with Crippen LogP contribution in [0.1, 0.15) is 27.8 Å². The van der Waals surface area contributed by atoms with E-state index in [2.05, 4.69) is 4.98 Å². The fourth-order valence-corrected chi connectivity index (χ4v) is 1.92. The number of carbonyl (C=O) groups is 2. The molecule has 1 heterocycles. The number of ether oxygens (including phenoxy) is 2. The lowest BCUT2D eigenvalue weighted by Gasteiger charge is -2.12. The van der Waals surface area contributed by atoms with Gasteiger partial charge in [0.25, 0.3) is 0 Å². The van der Waals surface area contributed by atoms with Crippen LogP contribution in [0.2, 0.25) is 5.02 Å². The molecule has 2 rings (SSSR count). The van der Waals surface area contributed by atoms with Crippen LogP contribution in [0.5, 0.6) is 5.75 Å². The van der Waals surface area contributed by atoms with Gasteiger partial charge >= 0.3 is 5.97 Å². The minimum absolute atomic E-state index is 0.203. The predicted octanol–water partition coefficient (Wildman–Crippen LogP) is 3.10. The lowest BCUT2D eigenvalue weighted by Crippen LogP contribution is -2.24. The molecule has 0 fully saturated rings. The van der Waals surface area contributed by atoms with Gasteiger partial charge in [-0.25, -0.2) is 4.79 Å². The van der Waals surface area contributed by atoms with Crippen LogP contribution >= 0.6 is 11.6 Å². The van der Waals surface area contributed by atoms with Gasteiger partial charge in [0.05, 0.1) is 12.1 Å². The summed E-state index contributed by atoms with van der Waals surface area (Å²) in [6.07, 6.45) is 0.571. The van der Waals surface area contributed by atoms with Gasteiger partial charge in [-0.15, -0.1) is 0 Å². The quantitative estimate of drug-likeness (QED) is 0.681. The van der Waals surface area contributed by atoms with E-state index in [1.165, 1.54) is 19.2 Å². The van der Waals surface area contributed by atoms with E-state index in [0.717, 1.165) is 0 Å². The fourth-order valence-electron chi connectivity index (χ4n) is 1.75. The normalized spacial score (nSPS) is 11.8. The number of hydrogen-bond donors (Lipinski definition) is 1. The topological polar surface area (TPSA) is 68.4 Å². The number of aromatic amines is 1. The number of methoxy groups -OCH3 is 1. The lowest BCUT2D eigenvalue weighted by atomic mass is 10.1. The summed E-state index contributed by atoms with van der Waals surface area (Å²) < 4.78 is 10.1. The highest BCUT2D eigenvalue weighted by atomic mass is 35.5. The second-order valence-corrected chi connectivity index (χ2v) is 4.81. The zero-order valence-corrected chi connectivity index (χ0v) is 12.3. The molecule has 0 saturated heterocycles. The summed E-state index contributed by atoms with van der Waals surface area (Å²) in [5.41, 5.74) is 0.648. The fraction of sp³-hybridized carbons (Fsp3) is 0.200. The third-order valence-corrected chi connectivity index (χ3v) is 3.11. The summed E-state index contributed by atoms with van der Waals surface area (Å²) in [7, 11) is 1.54. The number of Topliss-reactive ketones (excluding diaryl/α,β-unsaturated/α-hetero) is 1. The molecule has 0 radical (unpaired) electrons. The number of ketones is 1. The monoisotopic (exact) mass is 307 g/mol. The molecule has 6 heteroatoms. The molecule has 5 nitrogen and oxygen atoms in total. The molecule has 0 aliphatic rings. The lowest BCUT2D eigenvalue weighted by molar-refractivity contribution is 0.0314. The molecule has 1 N–H and O–H groups in total. The Labute approximate surface area is 126 Å². The van der Waals surface area contributed by atoms with Crippen LogP contribution in [-0.2, 0) is 4.74 Å². The van der Waals surface area contributed by atoms with Crippen molar-refractivity contribution in [1.82, 2.24) is 4.98 Å². The molecule has 1 unspecified atom stereocenters. The molecule has 1 aromatic heterocycles. The Morgan fingerprint density at radius 2 is 1.90 bits per heavy atom. The number of H-pyrrole nitrogens is 1. The van der Waals surface area contributed by atoms with Crippen molar-refractivity contribution >= 4 is 23.4 Å². The molecule has 110 valence electrons. The Bertz CT molecular complexity index is 648. The second-order valence-electron chi connectivity index (χ2n) is 4.37. The smallest absolute Gasteiger partial charge is 0.355 e. The van der Waals surface area contributed by atoms with E-state index in [0.29, 0.717) is 16.3 Å². The maximum absolute atomic E-state index is 12.2. The second kappa shape index (κ2) is 6.45. The third kappa shape index (κ3) is 3.64. The van der Waals surface area contributed by atoms with Gasteiger partial charge < -0.3 is 14.5 Å². The van der Waals surface area contributed by atoms with Gasteiger partial charge in [-0.2, -0.15) is 0 Å². The Morgan fingerprint density at radius 1 is 1.24 bits per heavy atom. The average molecular weight is 308 g/mol. The van der Waals surface area contributed by atoms with Gasteiger partial charge in [0.2, 0.25) is 5.78 Å². The van der Waals surface area contributed by atoms with E-state index in [-0.39, 0.29) is 11.5 Å². The highest BCUT2D eigenvalue weighted by Crippen LogP contribution is 2.15. The first-order chi connectivity index (χ1) is 10.0. The third-order valence-electron chi connectivity index (χ3n) is 2.90. The molecule has 0 bridgehead atoms. The highest BCUT2D eigenvalue weighted by molar-refractivity contribution is 6.30. The number of aromatic nitrogens is 1. The summed E-state index contributed by atoms with van der Waals surface area (Å²) in [6.45, 7) is 1.52. The van der Waals surface area contributed by atoms with Gasteiger partial charge in [-0.1, -0.05) is 11.6 Å². The Balaban J connectivity index is 2.03. The Kier molecular flexibility index (Phi) is 4.65. The van der Waals surface area contributed by atoms with Crippen molar-refractivity contribution in [2.75, 3.05) is 7.11 Å². The molecule has 0 amide bonds. The molecule has 2 aromatic rings. The number of nitrogens with one attached hydrogen (secondary N) is 1. The van der Waals surface area contributed by atoms with E-state index in [1.54, 1.807) is 31.4 Å². The molecular weight excluding hydrogens is 294 g/mol. The molecule has 1 atom stereocenters. The molecule has 0 aliphatic carbocycles. The number of hydrogen-bond acceptors (Lipinski definition) is 4. The van der Waals surface area contributed by atoms with Gasteiger partial charge in [-0.05, 0) is 37.3 Å². The van der Waals surface area contributed by atoms with Gasteiger partial charge in [0.15, 0.2) is 6.10 Å². The number of halogens is 1. The number of carbonyl (C=O) groups excluding carboxylic acids is 2. The Morgan fingerprint density at radius 3 is 2.43 bits per heavy atom. The van der Waals surface area contributed by atoms with Crippen molar-refractivity contribution in [3.05, 3.63) is 52.8 Å². The molecule has 1 aromatic carbocycles. The van der Waals surface area contributed by atoms with Crippen molar-refractivity contribution < 1.29 is 19.1 Å². The maximum Gasteiger partial charge on any atom is 0.355 e. The Hall–Kier alpha value is -2.27. The van der Waals surface area contributed by atoms with Gasteiger partial charge in [0.1, 0.15) is 11.4 Å². The zero-order chi connectivity index (χ0) is 15.4. The minimum Gasteiger partial charge on any atom is -0.497 e. The summed E-state index contributed by atoms with van der Waals surface area (Å²) in [5, 5.41) is 0.399. The number of esters is 1. The molecular formula is C15H14ClNO4. The van der Waals surface area contributed by atoms with Crippen LogP contribution in [0, 0.1) is 0 Å². The molecule has 0 saturated carbocycles. The van der Waals surface area contributed by atoms with Gasteiger partial charge in [0, 0.05) is 11.8 Å². The van der Waals surface area contributed by atoms with Crippen molar-refractivity contribution in [2.45, 2.75) is 13.0 Å². The van der Waals surface area contributed by atoms with E-state index < -0.39 is 12.1 Å². The van der Waals surface area contributed by atoms with Crippen molar-refractivity contribution in [1.29, 1.82) is 0 Å². The van der Waals surface area contributed by atoms with Crippen LogP contribution in [0.15, 0.2) is 36.5 Å². The maximum atomic E-state index is 12.2. The zero-order valence-electron chi connectivity index (χ0n) is 11.6. The van der Waals surface area contributed by atoms with Crippen LogP contribution in [-0.4, -0.2) is 30.0 Å².